The molecule has 1 amide bonds. The van der Waals surface area contributed by atoms with Gasteiger partial charge in [-0.2, -0.15) is 0 Å². The number of carbonyl (C=O) groups is 2. The molecule has 2 aliphatic rings. The highest BCUT2D eigenvalue weighted by molar-refractivity contribution is 5.97. The number of rotatable bonds is 8. The molecule has 0 spiro atoms. The van der Waals surface area contributed by atoms with Crippen LogP contribution in [0.25, 0.3) is 0 Å². The molecule has 1 aliphatic heterocycles. The largest absolute Gasteiger partial charge is 0.503 e. The summed E-state index contributed by atoms with van der Waals surface area (Å²) in [6.45, 7) is 6.50. The Balaban J connectivity index is 1.73. The first-order chi connectivity index (χ1) is 16.3. The van der Waals surface area contributed by atoms with E-state index in [4.69, 9.17) is 18.9 Å². The molecule has 0 bridgehead atoms. The van der Waals surface area contributed by atoms with Crippen molar-refractivity contribution >= 4 is 11.9 Å². The number of cyclic esters (lactones) is 1. The molecule has 1 aromatic heterocycles. The summed E-state index contributed by atoms with van der Waals surface area (Å²) in [6, 6.07) is 0.572. The molecule has 1 saturated heterocycles. The van der Waals surface area contributed by atoms with Crippen LogP contribution in [-0.4, -0.2) is 66.1 Å². The van der Waals surface area contributed by atoms with Crippen LogP contribution in [0.15, 0.2) is 12.3 Å². The van der Waals surface area contributed by atoms with Gasteiger partial charge >= 0.3 is 5.97 Å². The number of nitrogens with one attached hydrogen (secondary N) is 1. The second kappa shape index (κ2) is 12.4. The Labute approximate surface area is 201 Å². The van der Waals surface area contributed by atoms with Gasteiger partial charge in [-0.25, -0.2) is 9.78 Å². The topological polar surface area (TPSA) is 116 Å². The van der Waals surface area contributed by atoms with Crippen LogP contribution in [-0.2, 0) is 19.0 Å². The van der Waals surface area contributed by atoms with Crippen LogP contribution in [0.3, 0.4) is 0 Å². The van der Waals surface area contributed by atoms with Gasteiger partial charge in [-0.3, -0.25) is 4.79 Å². The second-order valence-corrected chi connectivity index (χ2v) is 9.58. The van der Waals surface area contributed by atoms with Gasteiger partial charge in [0.25, 0.3) is 5.91 Å². The number of ether oxygens (including phenoxy) is 4. The van der Waals surface area contributed by atoms with E-state index in [-0.39, 0.29) is 35.5 Å². The Bertz CT molecular complexity index is 825. The first kappa shape index (κ1) is 26.2. The van der Waals surface area contributed by atoms with Crippen molar-refractivity contribution < 1.29 is 33.6 Å². The summed E-state index contributed by atoms with van der Waals surface area (Å²) in [5.74, 6) is -1.13. The Hall–Kier alpha value is -2.39. The number of amides is 1. The highest BCUT2D eigenvalue weighted by Crippen LogP contribution is 2.30. The predicted octanol–water partition coefficient (Wildman–Crippen LogP) is 3.38. The summed E-state index contributed by atoms with van der Waals surface area (Å²) in [5.41, 5.74) is -0.208. The first-order valence-electron chi connectivity index (χ1n) is 12.3. The normalized spacial score (nSPS) is 26.4. The SMILES string of the molecule is COc1ccnc(C(=O)N[C@H]2CCC[C@H](OC3CCCC3)[C@@H](OCC(C)C)[C@H](C)OC2=O)c1O. The van der Waals surface area contributed by atoms with Crippen LogP contribution in [0.4, 0.5) is 0 Å². The molecular weight excluding hydrogens is 440 g/mol. The zero-order chi connectivity index (χ0) is 24.7. The molecule has 1 saturated carbocycles. The zero-order valence-corrected chi connectivity index (χ0v) is 20.6. The summed E-state index contributed by atoms with van der Waals surface area (Å²) in [6.07, 6.45) is 6.57. The van der Waals surface area contributed by atoms with Gasteiger partial charge in [0.1, 0.15) is 18.2 Å². The fraction of sp³-hybridized carbons (Fsp3) is 0.720. The summed E-state index contributed by atoms with van der Waals surface area (Å²) in [5, 5.41) is 12.9. The lowest BCUT2D eigenvalue weighted by atomic mass is 10.0. The van der Waals surface area contributed by atoms with Crippen molar-refractivity contribution in [2.75, 3.05) is 13.7 Å². The van der Waals surface area contributed by atoms with E-state index in [0.29, 0.717) is 31.8 Å². The monoisotopic (exact) mass is 478 g/mol. The lowest BCUT2D eigenvalue weighted by Gasteiger charge is -2.33. The maximum absolute atomic E-state index is 13.0. The molecule has 3 rings (SSSR count). The van der Waals surface area contributed by atoms with Crippen molar-refractivity contribution in [1.29, 1.82) is 0 Å². The number of esters is 1. The third-order valence-corrected chi connectivity index (χ3v) is 6.32. The molecular formula is C25H38N2O7. The van der Waals surface area contributed by atoms with Crippen LogP contribution in [0.1, 0.15) is 76.2 Å². The molecule has 2 heterocycles. The third-order valence-electron chi connectivity index (χ3n) is 6.32. The van der Waals surface area contributed by atoms with Gasteiger partial charge in [0.15, 0.2) is 17.2 Å². The average Bonchev–Trinajstić information content (AvgIpc) is 3.31. The van der Waals surface area contributed by atoms with Crippen LogP contribution in [0.5, 0.6) is 11.5 Å². The maximum atomic E-state index is 13.0. The number of pyridine rings is 1. The van der Waals surface area contributed by atoms with E-state index < -0.39 is 24.0 Å². The van der Waals surface area contributed by atoms with Crippen molar-refractivity contribution in [3.63, 3.8) is 0 Å². The van der Waals surface area contributed by atoms with E-state index in [1.807, 2.05) is 6.92 Å². The van der Waals surface area contributed by atoms with E-state index in [1.165, 1.54) is 32.2 Å². The van der Waals surface area contributed by atoms with E-state index >= 15 is 0 Å². The number of hydrogen-bond acceptors (Lipinski definition) is 8. The summed E-state index contributed by atoms with van der Waals surface area (Å²) in [4.78, 5) is 29.7. The molecule has 9 heteroatoms. The molecule has 0 aromatic carbocycles. The van der Waals surface area contributed by atoms with Crippen molar-refractivity contribution in [2.24, 2.45) is 5.92 Å². The molecule has 0 radical (unpaired) electrons. The fourth-order valence-corrected chi connectivity index (χ4v) is 4.53. The van der Waals surface area contributed by atoms with E-state index in [9.17, 15) is 14.7 Å². The van der Waals surface area contributed by atoms with Crippen molar-refractivity contribution in [3.05, 3.63) is 18.0 Å². The molecule has 2 fully saturated rings. The average molecular weight is 479 g/mol. The Morgan fingerprint density at radius 1 is 1.24 bits per heavy atom. The van der Waals surface area contributed by atoms with E-state index in [0.717, 1.165) is 12.8 Å². The van der Waals surface area contributed by atoms with Crippen molar-refractivity contribution in [1.82, 2.24) is 10.3 Å². The molecule has 1 aromatic rings. The number of nitrogens with zero attached hydrogens (tertiary/aromatic N) is 1. The van der Waals surface area contributed by atoms with Gasteiger partial charge in [-0.1, -0.05) is 26.7 Å². The Morgan fingerprint density at radius 2 is 1.97 bits per heavy atom. The van der Waals surface area contributed by atoms with Crippen LogP contribution in [0, 0.1) is 5.92 Å². The Kier molecular flexibility index (Phi) is 9.53. The number of aromatic nitrogens is 1. The molecule has 34 heavy (non-hydrogen) atoms. The molecule has 2 N–H and O–H groups in total. The van der Waals surface area contributed by atoms with Crippen LogP contribution >= 0.6 is 0 Å². The maximum Gasteiger partial charge on any atom is 0.329 e. The number of aromatic hydroxyl groups is 1. The molecule has 190 valence electrons. The molecule has 0 unspecified atom stereocenters. The third kappa shape index (κ3) is 6.82. The number of carbonyl (C=O) groups excluding carboxylic acids is 2. The van der Waals surface area contributed by atoms with E-state index in [1.54, 1.807) is 0 Å². The number of methoxy groups -OCH3 is 1. The first-order valence-corrected chi connectivity index (χ1v) is 12.3. The van der Waals surface area contributed by atoms with Crippen LogP contribution in [0.2, 0.25) is 0 Å². The minimum atomic E-state index is -0.877. The standard InChI is InChI=1S/C25H38N2O7/c1-15(2)14-32-23-16(3)33-25(30)18(10-7-11-20(23)34-17-8-5-6-9-17)27-24(29)21-22(28)19(31-4)12-13-26-21/h12-13,15-18,20,23,28H,5-11,14H2,1-4H3,(H,27,29)/t16-,18-,20-,23-/m0/s1. The number of hydrogen-bond donors (Lipinski definition) is 2. The van der Waals surface area contributed by atoms with Gasteiger partial charge in [0, 0.05) is 18.9 Å². The molecule has 1 aliphatic carbocycles. The fourth-order valence-electron chi connectivity index (χ4n) is 4.53. The smallest absolute Gasteiger partial charge is 0.329 e. The summed E-state index contributed by atoms with van der Waals surface area (Å²) in [7, 11) is 1.38. The second-order valence-electron chi connectivity index (χ2n) is 9.58. The molecule has 4 atom stereocenters. The van der Waals surface area contributed by atoms with Gasteiger partial charge in [-0.15, -0.1) is 0 Å². The van der Waals surface area contributed by atoms with E-state index in [2.05, 4.69) is 24.1 Å². The summed E-state index contributed by atoms with van der Waals surface area (Å²) >= 11 is 0. The zero-order valence-electron chi connectivity index (χ0n) is 20.6. The highest BCUT2D eigenvalue weighted by atomic mass is 16.6. The Morgan fingerprint density at radius 3 is 2.65 bits per heavy atom. The minimum Gasteiger partial charge on any atom is -0.503 e. The predicted molar refractivity (Wildman–Crippen MR) is 125 cm³/mol. The minimum absolute atomic E-state index is 0.128. The van der Waals surface area contributed by atoms with Gasteiger partial charge < -0.3 is 29.4 Å². The lowest BCUT2D eigenvalue weighted by Crippen LogP contribution is -2.46. The van der Waals surface area contributed by atoms with Gasteiger partial charge in [0.05, 0.1) is 19.3 Å². The van der Waals surface area contributed by atoms with Crippen LogP contribution < -0.4 is 10.1 Å². The lowest BCUT2D eigenvalue weighted by molar-refractivity contribution is -0.173. The molecule has 9 nitrogen and oxygen atoms in total. The van der Waals surface area contributed by atoms with Gasteiger partial charge in [-0.05, 0) is 44.9 Å². The van der Waals surface area contributed by atoms with Crippen molar-refractivity contribution in [3.8, 4) is 11.5 Å². The van der Waals surface area contributed by atoms with Gasteiger partial charge in [0.2, 0.25) is 0 Å². The van der Waals surface area contributed by atoms with Crippen molar-refractivity contribution in [2.45, 2.75) is 96.2 Å². The quantitative estimate of drug-likeness (QED) is 0.546. The summed E-state index contributed by atoms with van der Waals surface area (Å²) < 4.78 is 23.5. The highest BCUT2D eigenvalue weighted by Gasteiger charge is 2.37.